The van der Waals surface area contributed by atoms with Gasteiger partial charge in [-0.3, -0.25) is 11.3 Å². The second kappa shape index (κ2) is 7.12. The van der Waals surface area contributed by atoms with Gasteiger partial charge in [0.05, 0.1) is 0 Å². The summed E-state index contributed by atoms with van der Waals surface area (Å²) >= 11 is 2.06. The fraction of sp³-hybridized carbons (Fsp3) is 0.643. The monoisotopic (exact) mass is 280 g/mol. The minimum atomic E-state index is 0.219. The van der Waals surface area contributed by atoms with Gasteiger partial charge in [0.15, 0.2) is 0 Å². The third-order valence-corrected chi connectivity index (χ3v) is 4.79. The van der Waals surface area contributed by atoms with Crippen LogP contribution >= 0.6 is 11.8 Å². The number of hydrazine groups is 1. The van der Waals surface area contributed by atoms with E-state index in [0.29, 0.717) is 0 Å². The highest BCUT2D eigenvalue weighted by Gasteiger charge is 2.19. The number of nitrogens with one attached hydrogen (secondary N) is 1. The Labute approximate surface area is 120 Å². The van der Waals surface area contributed by atoms with Crippen LogP contribution in [0.1, 0.15) is 30.9 Å². The Bertz CT molecular complexity index is 374. The van der Waals surface area contributed by atoms with E-state index in [-0.39, 0.29) is 6.04 Å². The number of rotatable bonds is 5. The highest BCUT2D eigenvalue weighted by atomic mass is 32.2. The van der Waals surface area contributed by atoms with Crippen molar-refractivity contribution in [2.45, 2.75) is 25.3 Å². The molecule has 4 nitrogen and oxygen atoms in total. The first-order chi connectivity index (χ1) is 9.20. The van der Waals surface area contributed by atoms with Crippen molar-refractivity contribution < 1.29 is 0 Å². The maximum Gasteiger partial charge on any atom is 0.127 e. The van der Waals surface area contributed by atoms with Crippen molar-refractivity contribution in [1.29, 1.82) is 0 Å². The molecule has 1 fully saturated rings. The number of nitrogens with two attached hydrogens (primary N) is 1. The van der Waals surface area contributed by atoms with Crippen LogP contribution in [0.2, 0.25) is 0 Å². The van der Waals surface area contributed by atoms with Crippen molar-refractivity contribution in [2.24, 2.45) is 11.8 Å². The van der Waals surface area contributed by atoms with Crippen LogP contribution in [0.3, 0.4) is 0 Å². The number of anilines is 1. The molecule has 19 heavy (non-hydrogen) atoms. The van der Waals surface area contributed by atoms with Gasteiger partial charge in [-0.2, -0.15) is 11.8 Å². The summed E-state index contributed by atoms with van der Waals surface area (Å²) in [5, 5.41) is 0. The Balaban J connectivity index is 1.99. The van der Waals surface area contributed by atoms with Crippen LogP contribution in [-0.4, -0.2) is 30.6 Å². The second-order valence-electron chi connectivity index (χ2n) is 5.35. The van der Waals surface area contributed by atoms with Crippen LogP contribution in [0, 0.1) is 5.92 Å². The van der Waals surface area contributed by atoms with Gasteiger partial charge in [-0.15, -0.1) is 0 Å². The maximum atomic E-state index is 5.73. The molecule has 1 saturated heterocycles. The lowest BCUT2D eigenvalue weighted by Crippen LogP contribution is -2.30. The highest BCUT2D eigenvalue weighted by Crippen LogP contribution is 2.30. The molecule has 0 amide bonds. The lowest BCUT2D eigenvalue weighted by molar-refractivity contribution is 0.373. The normalized spacial score (nSPS) is 18.3. The smallest absolute Gasteiger partial charge is 0.127 e. The number of hydrogen-bond acceptors (Lipinski definition) is 5. The summed E-state index contributed by atoms with van der Waals surface area (Å²) in [6, 6.07) is 4.40. The van der Waals surface area contributed by atoms with Crippen LogP contribution in [-0.2, 0) is 0 Å². The lowest BCUT2D eigenvalue weighted by Gasteiger charge is -2.26. The predicted molar refractivity (Wildman–Crippen MR) is 83.3 cm³/mol. The van der Waals surface area contributed by atoms with Gasteiger partial charge in [0, 0.05) is 26.3 Å². The Morgan fingerprint density at radius 3 is 2.68 bits per heavy atom. The molecule has 1 aliphatic heterocycles. The van der Waals surface area contributed by atoms with Gasteiger partial charge in [0.2, 0.25) is 0 Å². The summed E-state index contributed by atoms with van der Waals surface area (Å²) in [5.41, 5.74) is 4.14. The van der Waals surface area contributed by atoms with Gasteiger partial charge < -0.3 is 4.90 Å². The molecule has 1 atom stereocenters. The van der Waals surface area contributed by atoms with Crippen LogP contribution in [0.4, 0.5) is 5.82 Å². The van der Waals surface area contributed by atoms with Crippen LogP contribution in [0.25, 0.3) is 0 Å². The highest BCUT2D eigenvalue weighted by molar-refractivity contribution is 7.99. The molecule has 0 aliphatic carbocycles. The number of pyridine rings is 1. The summed E-state index contributed by atoms with van der Waals surface area (Å²) in [6.45, 7) is 0. The zero-order chi connectivity index (χ0) is 13.7. The Morgan fingerprint density at radius 2 is 2.16 bits per heavy atom. The first-order valence-corrected chi connectivity index (χ1v) is 8.03. The Hall–Kier alpha value is -0.780. The van der Waals surface area contributed by atoms with Crippen LogP contribution < -0.4 is 16.2 Å². The van der Waals surface area contributed by atoms with E-state index >= 15 is 0 Å². The first kappa shape index (κ1) is 14.6. The average Bonchev–Trinajstić information content (AvgIpc) is 2.46. The van der Waals surface area contributed by atoms with Gasteiger partial charge in [0.1, 0.15) is 5.82 Å². The quantitative estimate of drug-likeness (QED) is 0.639. The van der Waals surface area contributed by atoms with E-state index in [1.165, 1.54) is 29.9 Å². The lowest BCUT2D eigenvalue weighted by atomic mass is 9.91. The molecule has 2 rings (SSSR count). The zero-order valence-electron chi connectivity index (χ0n) is 11.8. The van der Waals surface area contributed by atoms with Crippen molar-refractivity contribution >= 4 is 17.6 Å². The van der Waals surface area contributed by atoms with Gasteiger partial charge >= 0.3 is 0 Å². The van der Waals surface area contributed by atoms with E-state index < -0.39 is 0 Å². The van der Waals surface area contributed by atoms with Crippen LogP contribution in [0.5, 0.6) is 0 Å². The molecule has 0 spiro atoms. The van der Waals surface area contributed by atoms with E-state index in [4.69, 9.17) is 5.84 Å². The fourth-order valence-electron chi connectivity index (χ4n) is 2.48. The molecule has 2 heterocycles. The third kappa shape index (κ3) is 4.09. The first-order valence-electron chi connectivity index (χ1n) is 6.88. The molecule has 1 unspecified atom stereocenters. The van der Waals surface area contributed by atoms with Crippen molar-refractivity contribution in [3.05, 3.63) is 23.9 Å². The molecule has 0 saturated carbocycles. The minimum Gasteiger partial charge on any atom is -0.363 e. The van der Waals surface area contributed by atoms with Crippen LogP contribution in [0.15, 0.2) is 18.3 Å². The molecular formula is C14H24N4S. The number of thioether (sulfide) groups is 1. The summed E-state index contributed by atoms with van der Waals surface area (Å²) in [4.78, 5) is 6.47. The fourth-order valence-corrected chi connectivity index (χ4v) is 3.69. The molecule has 106 valence electrons. The van der Waals surface area contributed by atoms with Crippen molar-refractivity contribution in [1.82, 2.24) is 10.4 Å². The predicted octanol–water partition coefficient (Wildman–Crippen LogP) is 2.19. The van der Waals surface area contributed by atoms with E-state index in [2.05, 4.69) is 34.3 Å². The summed E-state index contributed by atoms with van der Waals surface area (Å²) in [7, 11) is 4.00. The molecule has 1 aromatic heterocycles. The Morgan fingerprint density at radius 1 is 1.42 bits per heavy atom. The van der Waals surface area contributed by atoms with Crippen molar-refractivity contribution in [3.63, 3.8) is 0 Å². The SMILES string of the molecule is CN(C)c1ccc(C(CC2CCSCC2)NN)cn1. The molecule has 5 heteroatoms. The van der Waals surface area contributed by atoms with E-state index in [1.807, 2.05) is 25.2 Å². The summed E-state index contributed by atoms with van der Waals surface area (Å²) < 4.78 is 0. The minimum absolute atomic E-state index is 0.219. The van der Waals surface area contributed by atoms with Gasteiger partial charge in [-0.05, 0) is 48.3 Å². The van der Waals surface area contributed by atoms with Crippen molar-refractivity contribution in [2.75, 3.05) is 30.5 Å². The molecule has 1 aromatic rings. The molecular weight excluding hydrogens is 256 g/mol. The standard InChI is InChI=1S/C14H24N4S/c1-18(2)14-4-3-12(10-16-14)13(17-15)9-11-5-7-19-8-6-11/h3-4,10-11,13,17H,5-9,15H2,1-2H3. The average molecular weight is 280 g/mol. The third-order valence-electron chi connectivity index (χ3n) is 3.74. The van der Waals surface area contributed by atoms with E-state index in [0.717, 1.165) is 18.2 Å². The maximum absolute atomic E-state index is 5.73. The van der Waals surface area contributed by atoms with Gasteiger partial charge in [0.25, 0.3) is 0 Å². The number of nitrogens with zero attached hydrogens (tertiary/aromatic N) is 2. The topological polar surface area (TPSA) is 54.2 Å². The number of hydrogen-bond donors (Lipinski definition) is 2. The molecule has 1 aliphatic rings. The molecule has 0 aromatic carbocycles. The second-order valence-corrected chi connectivity index (χ2v) is 6.58. The molecule has 0 bridgehead atoms. The van der Waals surface area contributed by atoms with Crippen molar-refractivity contribution in [3.8, 4) is 0 Å². The summed E-state index contributed by atoms with van der Waals surface area (Å²) in [6.07, 6.45) is 5.68. The molecule has 0 radical (unpaired) electrons. The van der Waals surface area contributed by atoms with E-state index in [1.54, 1.807) is 0 Å². The largest absolute Gasteiger partial charge is 0.363 e. The summed E-state index contributed by atoms with van der Waals surface area (Å²) in [5.74, 6) is 10.1. The van der Waals surface area contributed by atoms with Gasteiger partial charge in [-0.25, -0.2) is 4.98 Å². The van der Waals surface area contributed by atoms with E-state index in [9.17, 15) is 0 Å². The van der Waals surface area contributed by atoms with Gasteiger partial charge in [-0.1, -0.05) is 6.07 Å². The Kier molecular flexibility index (Phi) is 5.48. The zero-order valence-corrected chi connectivity index (χ0v) is 12.6. The number of aromatic nitrogens is 1. The molecule has 3 N–H and O–H groups in total.